The molecule has 2 aromatic rings. The minimum absolute atomic E-state index is 0.145. The lowest BCUT2D eigenvalue weighted by Gasteiger charge is -2.17. The summed E-state index contributed by atoms with van der Waals surface area (Å²) in [4.78, 5) is 31.1. The van der Waals surface area contributed by atoms with Crippen molar-refractivity contribution in [2.75, 3.05) is 4.90 Å². The maximum Gasteiger partial charge on any atom is 0.238 e. The Morgan fingerprint density at radius 2 is 1.86 bits per heavy atom. The lowest BCUT2D eigenvalue weighted by atomic mass is 9.85. The Bertz CT molecular complexity index is 825. The molecule has 0 N–H and O–H groups in total. The smallest absolute Gasteiger partial charge is 0.238 e. The average Bonchev–Trinajstić information content (AvgIpc) is 2.78. The van der Waals surface area contributed by atoms with E-state index in [1.807, 2.05) is 30.3 Å². The third-order valence-electron chi connectivity index (χ3n) is 4.42. The first kappa shape index (κ1) is 13.5. The maximum atomic E-state index is 12.7. The number of hydrogen-bond acceptors (Lipinski definition) is 3. The van der Waals surface area contributed by atoms with Gasteiger partial charge in [0, 0.05) is 16.6 Å². The van der Waals surface area contributed by atoms with Crippen LogP contribution in [0, 0.1) is 11.8 Å². The fourth-order valence-corrected chi connectivity index (χ4v) is 3.59. The zero-order chi connectivity index (χ0) is 15.3. The molecule has 1 aliphatic heterocycles. The molecule has 4 nitrogen and oxygen atoms in total. The molecular formula is C17H13ClN2O2. The van der Waals surface area contributed by atoms with E-state index in [1.165, 1.54) is 4.90 Å². The zero-order valence-electron chi connectivity index (χ0n) is 11.7. The predicted molar refractivity (Wildman–Crippen MR) is 84.4 cm³/mol. The molecule has 2 amide bonds. The van der Waals surface area contributed by atoms with Gasteiger partial charge in [0.05, 0.1) is 23.0 Å². The van der Waals surface area contributed by atoms with Crippen LogP contribution in [0.4, 0.5) is 5.69 Å². The van der Waals surface area contributed by atoms with E-state index in [-0.39, 0.29) is 23.7 Å². The van der Waals surface area contributed by atoms with Gasteiger partial charge in [0.25, 0.3) is 0 Å². The molecule has 0 bridgehead atoms. The van der Waals surface area contributed by atoms with E-state index in [2.05, 4.69) is 4.98 Å². The molecule has 0 spiro atoms. The molecule has 2 aliphatic rings. The van der Waals surface area contributed by atoms with Gasteiger partial charge in [-0.2, -0.15) is 0 Å². The molecule has 1 aliphatic carbocycles. The first-order valence-corrected chi connectivity index (χ1v) is 7.60. The number of fused-ring (bicyclic) bond motifs is 2. The second-order valence-electron chi connectivity index (χ2n) is 5.67. The van der Waals surface area contributed by atoms with E-state index in [0.29, 0.717) is 29.1 Å². The van der Waals surface area contributed by atoms with Gasteiger partial charge in [0.15, 0.2) is 0 Å². The Morgan fingerprint density at radius 3 is 2.73 bits per heavy atom. The van der Waals surface area contributed by atoms with Gasteiger partial charge >= 0.3 is 0 Å². The fourth-order valence-electron chi connectivity index (χ4n) is 3.33. The lowest BCUT2D eigenvalue weighted by molar-refractivity contribution is -0.122. The van der Waals surface area contributed by atoms with E-state index in [9.17, 15) is 9.59 Å². The van der Waals surface area contributed by atoms with Crippen LogP contribution in [0.15, 0.2) is 47.6 Å². The molecule has 1 aromatic carbocycles. The number of carbonyl (C=O) groups is 2. The number of pyridine rings is 1. The number of rotatable bonds is 1. The summed E-state index contributed by atoms with van der Waals surface area (Å²) in [5.41, 5.74) is 1.24. The van der Waals surface area contributed by atoms with Crippen molar-refractivity contribution in [2.24, 2.45) is 11.8 Å². The number of nitrogens with zero attached hydrogens (tertiary/aromatic N) is 2. The van der Waals surface area contributed by atoms with Crippen molar-refractivity contribution < 1.29 is 9.59 Å². The van der Waals surface area contributed by atoms with E-state index in [1.54, 1.807) is 12.3 Å². The van der Waals surface area contributed by atoms with E-state index < -0.39 is 0 Å². The Kier molecular flexibility index (Phi) is 3.01. The highest BCUT2D eigenvalue weighted by Crippen LogP contribution is 2.41. The molecule has 2 heterocycles. The van der Waals surface area contributed by atoms with Gasteiger partial charge in [0.1, 0.15) is 0 Å². The molecule has 2 unspecified atom stereocenters. The van der Waals surface area contributed by atoms with E-state index in [4.69, 9.17) is 11.6 Å². The molecule has 22 heavy (non-hydrogen) atoms. The SMILES string of the molecule is O=C1C2CC=C(Cl)CC2C(=O)N1c1cccc2cccnc12. The molecule has 0 saturated carbocycles. The third kappa shape index (κ3) is 1.87. The summed E-state index contributed by atoms with van der Waals surface area (Å²) < 4.78 is 0. The number of imide groups is 1. The molecule has 5 heteroatoms. The third-order valence-corrected chi connectivity index (χ3v) is 4.73. The van der Waals surface area contributed by atoms with Gasteiger partial charge in [-0.25, -0.2) is 4.90 Å². The summed E-state index contributed by atoms with van der Waals surface area (Å²) in [6.45, 7) is 0. The number of amides is 2. The summed E-state index contributed by atoms with van der Waals surface area (Å²) >= 11 is 6.05. The van der Waals surface area contributed by atoms with Gasteiger partial charge in [-0.05, 0) is 25.0 Å². The van der Waals surface area contributed by atoms with Crippen LogP contribution >= 0.6 is 11.6 Å². The molecule has 1 fully saturated rings. The van der Waals surface area contributed by atoms with Crippen LogP contribution in [0.1, 0.15) is 12.8 Å². The number of benzene rings is 1. The number of halogens is 1. The van der Waals surface area contributed by atoms with Gasteiger partial charge < -0.3 is 0 Å². The van der Waals surface area contributed by atoms with Gasteiger partial charge in [-0.15, -0.1) is 0 Å². The summed E-state index contributed by atoms with van der Waals surface area (Å²) in [6.07, 6.45) is 4.50. The Hall–Kier alpha value is -2.20. The lowest BCUT2D eigenvalue weighted by Crippen LogP contribution is -2.31. The van der Waals surface area contributed by atoms with Crippen molar-refractivity contribution in [1.29, 1.82) is 0 Å². The van der Waals surface area contributed by atoms with Crippen LogP contribution in [-0.4, -0.2) is 16.8 Å². The minimum atomic E-state index is -0.344. The first-order chi connectivity index (χ1) is 10.7. The van der Waals surface area contributed by atoms with Crippen LogP contribution < -0.4 is 4.90 Å². The Labute approximate surface area is 132 Å². The summed E-state index contributed by atoms with van der Waals surface area (Å²) in [6, 6.07) is 9.29. The van der Waals surface area contributed by atoms with Crippen molar-refractivity contribution >= 4 is 40.0 Å². The number of allylic oxidation sites excluding steroid dienone is 2. The summed E-state index contributed by atoms with van der Waals surface area (Å²) in [7, 11) is 0. The van der Waals surface area contributed by atoms with Gasteiger partial charge in [-0.3, -0.25) is 14.6 Å². The molecule has 2 atom stereocenters. The first-order valence-electron chi connectivity index (χ1n) is 7.23. The van der Waals surface area contributed by atoms with Crippen LogP contribution in [0.3, 0.4) is 0 Å². The second-order valence-corrected chi connectivity index (χ2v) is 6.15. The maximum absolute atomic E-state index is 12.7. The van der Waals surface area contributed by atoms with Crippen molar-refractivity contribution in [1.82, 2.24) is 4.98 Å². The minimum Gasteiger partial charge on any atom is -0.274 e. The van der Waals surface area contributed by atoms with E-state index in [0.717, 1.165) is 5.39 Å². The van der Waals surface area contributed by atoms with Crippen molar-refractivity contribution in [3.05, 3.63) is 47.6 Å². The van der Waals surface area contributed by atoms with Crippen molar-refractivity contribution in [3.8, 4) is 0 Å². The molecule has 4 rings (SSSR count). The van der Waals surface area contributed by atoms with Crippen LogP contribution in [-0.2, 0) is 9.59 Å². The number of carbonyl (C=O) groups excluding carboxylic acids is 2. The topological polar surface area (TPSA) is 50.3 Å². The number of anilines is 1. The number of para-hydroxylation sites is 1. The second kappa shape index (κ2) is 4.92. The molecule has 0 radical (unpaired) electrons. The van der Waals surface area contributed by atoms with Crippen LogP contribution in [0.25, 0.3) is 10.9 Å². The summed E-state index contributed by atoms with van der Waals surface area (Å²) in [5.74, 6) is -0.953. The molecule has 1 aromatic heterocycles. The zero-order valence-corrected chi connectivity index (χ0v) is 12.5. The van der Waals surface area contributed by atoms with E-state index >= 15 is 0 Å². The van der Waals surface area contributed by atoms with Crippen molar-refractivity contribution in [2.45, 2.75) is 12.8 Å². The largest absolute Gasteiger partial charge is 0.274 e. The van der Waals surface area contributed by atoms with Crippen LogP contribution in [0.5, 0.6) is 0 Å². The standard InChI is InChI=1S/C17H13ClN2O2/c18-11-6-7-12-13(9-11)17(22)20(16(12)21)14-5-1-3-10-4-2-8-19-15(10)14/h1-6,8,12-13H,7,9H2. The normalized spacial score (nSPS) is 24.6. The highest BCUT2D eigenvalue weighted by atomic mass is 35.5. The van der Waals surface area contributed by atoms with Crippen LogP contribution in [0.2, 0.25) is 0 Å². The Morgan fingerprint density at radius 1 is 1.09 bits per heavy atom. The van der Waals surface area contributed by atoms with Gasteiger partial charge in [0.2, 0.25) is 11.8 Å². The predicted octanol–water partition coefficient (Wildman–Crippen LogP) is 3.26. The number of hydrogen-bond donors (Lipinski definition) is 0. The molecule has 110 valence electrons. The molecule has 1 saturated heterocycles. The van der Waals surface area contributed by atoms with Crippen molar-refractivity contribution in [3.63, 3.8) is 0 Å². The summed E-state index contributed by atoms with van der Waals surface area (Å²) in [5, 5.41) is 1.58. The Balaban J connectivity index is 1.83. The fraction of sp³-hybridized carbons (Fsp3) is 0.235. The highest BCUT2D eigenvalue weighted by molar-refractivity contribution is 6.31. The highest BCUT2D eigenvalue weighted by Gasteiger charge is 2.49. The number of aromatic nitrogens is 1. The molecular weight excluding hydrogens is 300 g/mol. The van der Waals surface area contributed by atoms with Gasteiger partial charge in [-0.1, -0.05) is 35.9 Å². The quantitative estimate of drug-likeness (QED) is 0.759. The average molecular weight is 313 g/mol. The monoisotopic (exact) mass is 312 g/mol.